The van der Waals surface area contributed by atoms with Gasteiger partial charge >= 0.3 is 11.9 Å². The highest BCUT2D eigenvalue weighted by molar-refractivity contribution is 8.76. The second kappa shape index (κ2) is 23.3. The molecular weight excluding hydrogens is 897 g/mol. The number of nitrogens with two attached hydrogens (primary N) is 1. The quantitative estimate of drug-likeness (QED) is 0.0326. The first kappa shape index (κ1) is 52.9. The van der Waals surface area contributed by atoms with E-state index in [2.05, 4.69) is 42.0 Å². The summed E-state index contributed by atoms with van der Waals surface area (Å²) < 4.78 is 0. The van der Waals surface area contributed by atoms with Gasteiger partial charge in [0.1, 0.15) is 24.2 Å². The number of carbonyl (C=O) groups is 6. The van der Waals surface area contributed by atoms with E-state index in [-0.39, 0.29) is 89.1 Å². The number of aliphatic hydroxyl groups is 3. The summed E-state index contributed by atoms with van der Waals surface area (Å²) in [4.78, 5) is 84.8. The minimum Gasteiger partial charge on any atom is -0.480 e. The minimum absolute atomic E-state index is 0.00461. The number of amides is 4. The third-order valence-electron chi connectivity index (χ3n) is 15.4. The van der Waals surface area contributed by atoms with Crippen molar-refractivity contribution in [1.82, 2.24) is 21.3 Å². The molecule has 4 amide bonds. The average molecular weight is 965 g/mol. The molecule has 0 spiro atoms. The topological polar surface area (TPSA) is 321 Å². The summed E-state index contributed by atoms with van der Waals surface area (Å²) in [6, 6.07) is 1.40. The molecule has 368 valence electrons. The van der Waals surface area contributed by atoms with Crippen LogP contribution in [0, 0.1) is 56.5 Å². The number of nitro benzene ring substituents is 1. The van der Waals surface area contributed by atoms with Gasteiger partial charge in [0.05, 0.1) is 23.2 Å². The first-order chi connectivity index (χ1) is 31.2. The molecule has 21 heteroatoms. The summed E-state index contributed by atoms with van der Waals surface area (Å²) in [6.07, 6.45) is 5.92. The molecule has 0 bridgehead atoms. The second-order valence-electron chi connectivity index (χ2n) is 19.4. The van der Waals surface area contributed by atoms with Gasteiger partial charge in [-0.05, 0) is 129 Å². The molecule has 5 rings (SSSR count). The van der Waals surface area contributed by atoms with E-state index >= 15 is 0 Å². The Hall–Kier alpha value is -4.02. The molecule has 4 aliphatic rings. The number of hydrogen-bond acceptors (Lipinski definition) is 14. The van der Waals surface area contributed by atoms with Gasteiger partial charge in [0.25, 0.3) is 11.6 Å². The fourth-order valence-corrected chi connectivity index (χ4v) is 14.0. The Balaban J connectivity index is 1.04. The van der Waals surface area contributed by atoms with Gasteiger partial charge < -0.3 is 52.5 Å². The number of benzene rings is 1. The van der Waals surface area contributed by atoms with Crippen LogP contribution in [0.15, 0.2) is 23.1 Å². The summed E-state index contributed by atoms with van der Waals surface area (Å²) in [6.45, 7) is 6.54. The SMILES string of the molecule is C[C@H](CCC(=O)NCCCCNC(=O)c1cc(SSC[C@H](NC(=O)CC[C@H](N)C(=O)O)C(=O)NCC(=O)O)ccc1[N+](=O)[O-])[C@H]1CC[C@H]2[C@@H]3[C@H](O)C[C@H]4C[C@H](O)CC[C@]4(C)[C@H]3C[C@H](O)[C@]12C. The molecule has 0 unspecified atom stereocenters. The van der Waals surface area contributed by atoms with Crippen molar-refractivity contribution in [3.05, 3.63) is 33.9 Å². The molecule has 1 aromatic carbocycles. The highest BCUT2D eigenvalue weighted by Gasteiger charge is 2.65. The molecule has 0 aliphatic heterocycles. The predicted octanol–water partition coefficient (Wildman–Crippen LogP) is 3.22. The lowest BCUT2D eigenvalue weighted by molar-refractivity contribution is -0.385. The van der Waals surface area contributed by atoms with Gasteiger partial charge in [0.2, 0.25) is 17.7 Å². The normalized spacial score (nSPS) is 30.3. The lowest BCUT2D eigenvalue weighted by atomic mass is 9.43. The van der Waals surface area contributed by atoms with Crippen molar-refractivity contribution in [1.29, 1.82) is 0 Å². The maximum absolute atomic E-state index is 13.2. The number of carboxylic acids is 2. The number of nitro groups is 1. The maximum atomic E-state index is 13.2. The maximum Gasteiger partial charge on any atom is 0.322 e. The Kier molecular flexibility index (Phi) is 18.7. The number of unbranched alkanes of at least 4 members (excludes halogenated alkanes) is 1. The van der Waals surface area contributed by atoms with Gasteiger partial charge in [0, 0.05) is 42.6 Å². The number of rotatable bonds is 23. The van der Waals surface area contributed by atoms with E-state index in [1.807, 2.05) is 0 Å². The molecule has 13 atom stereocenters. The molecule has 4 saturated carbocycles. The third-order valence-corrected chi connectivity index (χ3v) is 17.8. The van der Waals surface area contributed by atoms with Gasteiger partial charge in [-0.25, -0.2) is 0 Å². The average Bonchev–Trinajstić information content (AvgIpc) is 3.63. The molecule has 1 aromatic rings. The number of aliphatic carboxylic acids is 2. The van der Waals surface area contributed by atoms with Crippen molar-refractivity contribution >= 4 is 62.8 Å². The molecule has 19 nitrogen and oxygen atoms in total. The van der Waals surface area contributed by atoms with Crippen molar-refractivity contribution in [3.63, 3.8) is 0 Å². The van der Waals surface area contributed by atoms with Gasteiger partial charge in [0.15, 0.2) is 0 Å². The Morgan fingerprint density at radius 1 is 0.909 bits per heavy atom. The molecule has 11 N–H and O–H groups in total. The number of hydrogen-bond donors (Lipinski definition) is 10. The number of nitrogens with one attached hydrogen (secondary N) is 4. The molecule has 66 heavy (non-hydrogen) atoms. The Morgan fingerprint density at radius 3 is 2.29 bits per heavy atom. The molecule has 4 aliphatic carbocycles. The van der Waals surface area contributed by atoms with Crippen LogP contribution in [0.5, 0.6) is 0 Å². The van der Waals surface area contributed by atoms with Crippen LogP contribution in [0.2, 0.25) is 0 Å². The molecule has 0 radical (unpaired) electrons. The van der Waals surface area contributed by atoms with Crippen LogP contribution in [0.4, 0.5) is 5.69 Å². The molecule has 0 heterocycles. The van der Waals surface area contributed by atoms with Crippen LogP contribution in [-0.4, -0.2) is 122 Å². The highest BCUT2D eigenvalue weighted by Crippen LogP contribution is 2.68. The lowest BCUT2D eigenvalue weighted by Crippen LogP contribution is -2.62. The molecule has 0 aromatic heterocycles. The molecule has 4 fully saturated rings. The number of fused-ring (bicyclic) bond motifs is 5. The van der Waals surface area contributed by atoms with Crippen LogP contribution in [0.3, 0.4) is 0 Å². The third kappa shape index (κ3) is 12.7. The fourth-order valence-electron chi connectivity index (χ4n) is 11.8. The first-order valence-electron chi connectivity index (χ1n) is 23.1. The summed E-state index contributed by atoms with van der Waals surface area (Å²) in [5.41, 5.74) is 4.48. The minimum atomic E-state index is -1.31. The lowest BCUT2D eigenvalue weighted by Gasteiger charge is -2.63. The zero-order valence-electron chi connectivity index (χ0n) is 37.9. The zero-order valence-corrected chi connectivity index (χ0v) is 39.6. The van der Waals surface area contributed by atoms with Crippen molar-refractivity contribution in [2.24, 2.45) is 52.1 Å². The van der Waals surface area contributed by atoms with E-state index in [0.717, 1.165) is 53.7 Å². The van der Waals surface area contributed by atoms with Crippen molar-refractivity contribution < 1.29 is 59.2 Å². The smallest absolute Gasteiger partial charge is 0.322 e. The van der Waals surface area contributed by atoms with Crippen LogP contribution < -0.4 is 27.0 Å². The van der Waals surface area contributed by atoms with Gasteiger partial charge in [-0.1, -0.05) is 42.4 Å². The predicted molar refractivity (Wildman–Crippen MR) is 246 cm³/mol. The number of aliphatic hydroxyl groups excluding tert-OH is 3. The number of carboxylic acid groups (broad SMARTS) is 2. The highest BCUT2D eigenvalue weighted by atomic mass is 33.1. The van der Waals surface area contributed by atoms with E-state index in [9.17, 15) is 54.2 Å². The van der Waals surface area contributed by atoms with E-state index in [0.29, 0.717) is 50.0 Å². The monoisotopic (exact) mass is 964 g/mol. The largest absolute Gasteiger partial charge is 0.480 e. The standard InChI is InChI=1S/C45H68N6O13S2/c1-24(29-8-9-30-40-31(21-36(54)45(29,30)3)44(2)15-14-26(52)18-25(44)19-35(40)53)6-12-37(55)47-16-4-5-17-48-41(59)28-20-27(7-11-34(28)51(63)64)66-65-23-33(42(60)49-22-39(57)58)50-38(56)13-10-32(46)43(61)62/h7,11,20,24-26,29-33,35-36,40,52-54H,4-6,8-10,12-19,21-23,46H2,1-3H3,(H,47,55)(H,48,59)(H,49,60)(H,50,56)(H,57,58)(H,61,62)/t24-,25-,26-,29-,30+,31+,32+,33+,35-,36+,40+,44+,45-/m1/s1. The van der Waals surface area contributed by atoms with Crippen LogP contribution in [-0.2, 0) is 24.0 Å². The van der Waals surface area contributed by atoms with E-state index in [1.165, 1.54) is 18.2 Å². The van der Waals surface area contributed by atoms with Crippen molar-refractivity contribution in [2.75, 3.05) is 25.4 Å². The van der Waals surface area contributed by atoms with Crippen LogP contribution >= 0.6 is 21.6 Å². The summed E-state index contributed by atoms with van der Waals surface area (Å²) in [5.74, 6) is -3.75. The van der Waals surface area contributed by atoms with E-state index in [1.54, 1.807) is 0 Å². The first-order valence-corrected chi connectivity index (χ1v) is 25.4. The van der Waals surface area contributed by atoms with Crippen LogP contribution in [0.25, 0.3) is 0 Å². The Morgan fingerprint density at radius 2 is 1.61 bits per heavy atom. The number of carbonyl (C=O) groups excluding carboxylic acids is 4. The van der Waals surface area contributed by atoms with E-state index in [4.69, 9.17) is 15.9 Å². The molecule has 0 saturated heterocycles. The van der Waals surface area contributed by atoms with Gasteiger partial charge in [-0.2, -0.15) is 0 Å². The summed E-state index contributed by atoms with van der Waals surface area (Å²) >= 11 is 0. The van der Waals surface area contributed by atoms with Gasteiger partial charge in [-0.3, -0.25) is 38.9 Å². The van der Waals surface area contributed by atoms with Crippen molar-refractivity contribution in [2.45, 2.75) is 140 Å². The Bertz CT molecular complexity index is 1950. The Labute approximate surface area is 392 Å². The number of nitrogens with zero attached hydrogens (tertiary/aromatic N) is 1. The van der Waals surface area contributed by atoms with E-state index < -0.39 is 71.1 Å². The van der Waals surface area contributed by atoms with Crippen LogP contribution in [0.1, 0.15) is 115 Å². The van der Waals surface area contributed by atoms with Gasteiger partial charge in [-0.15, -0.1) is 0 Å². The summed E-state index contributed by atoms with van der Waals surface area (Å²) in [7, 11) is 2.10. The summed E-state index contributed by atoms with van der Waals surface area (Å²) in [5, 5.41) is 73.9. The fraction of sp³-hybridized carbons (Fsp3) is 0.733. The van der Waals surface area contributed by atoms with Crippen molar-refractivity contribution in [3.8, 4) is 0 Å². The zero-order chi connectivity index (χ0) is 48.5. The second-order valence-corrected chi connectivity index (χ2v) is 21.8. The molecular formula is C45H68N6O13S2.